The molecule has 0 unspecified atom stereocenters. The van der Waals surface area contributed by atoms with E-state index in [1.165, 1.54) is 10.7 Å². The van der Waals surface area contributed by atoms with Crippen molar-refractivity contribution in [1.29, 1.82) is 0 Å². The number of benzene rings is 1. The van der Waals surface area contributed by atoms with Crippen LogP contribution in [0.5, 0.6) is 0 Å². The molecule has 1 amide bonds. The van der Waals surface area contributed by atoms with Gasteiger partial charge in [-0.2, -0.15) is 5.10 Å². The van der Waals surface area contributed by atoms with Crippen LogP contribution in [0.4, 0.5) is 10.1 Å². The van der Waals surface area contributed by atoms with Crippen LogP contribution in [0.15, 0.2) is 35.1 Å². The maximum Gasteiger partial charge on any atom is 0.267 e. The maximum atomic E-state index is 14.0. The van der Waals surface area contributed by atoms with Crippen molar-refractivity contribution in [2.24, 2.45) is 0 Å². The molecule has 0 N–H and O–H groups in total. The van der Waals surface area contributed by atoms with E-state index in [9.17, 15) is 14.0 Å². The molecule has 2 aromatic rings. The Kier molecular flexibility index (Phi) is 4.68. The molecule has 4 rings (SSSR count). The molecule has 1 aliphatic heterocycles. The van der Waals surface area contributed by atoms with Crippen LogP contribution in [-0.4, -0.2) is 46.8 Å². The van der Waals surface area contributed by atoms with Gasteiger partial charge in [0.1, 0.15) is 11.9 Å². The largest absolute Gasteiger partial charge is 0.366 e. The Hall–Kier alpha value is -2.70. The second-order valence-electron chi connectivity index (χ2n) is 7.19. The van der Waals surface area contributed by atoms with Gasteiger partial charge in [0.05, 0.1) is 11.4 Å². The molecule has 0 spiro atoms. The van der Waals surface area contributed by atoms with Gasteiger partial charge in [-0.3, -0.25) is 9.59 Å². The fraction of sp³-hybridized carbons (Fsp3) is 0.450. The first-order chi connectivity index (χ1) is 13.0. The zero-order valence-corrected chi connectivity index (χ0v) is 15.4. The number of hydrogen-bond donors (Lipinski definition) is 0. The number of anilines is 1. The highest BCUT2D eigenvalue weighted by Crippen LogP contribution is 2.22. The minimum absolute atomic E-state index is 0.115. The normalized spacial score (nSPS) is 17.7. The molecular weight excluding hydrogens is 347 g/mol. The number of carbonyl (C=O) groups is 1. The second-order valence-corrected chi connectivity index (χ2v) is 7.19. The second kappa shape index (κ2) is 7.13. The number of aromatic nitrogens is 2. The van der Waals surface area contributed by atoms with Crippen molar-refractivity contribution >= 4 is 11.6 Å². The molecule has 1 saturated heterocycles. The van der Waals surface area contributed by atoms with E-state index < -0.39 is 6.04 Å². The van der Waals surface area contributed by atoms with Crippen molar-refractivity contribution in [2.45, 2.75) is 32.2 Å². The molecule has 1 aromatic carbocycles. The Balaban J connectivity index is 1.45. The number of carbonyl (C=O) groups excluding carboxylic acids is 1. The van der Waals surface area contributed by atoms with Crippen LogP contribution in [0.3, 0.4) is 0 Å². The van der Waals surface area contributed by atoms with Crippen LogP contribution < -0.4 is 10.5 Å². The Morgan fingerprint density at radius 3 is 2.63 bits per heavy atom. The van der Waals surface area contributed by atoms with Crippen LogP contribution in [0.1, 0.15) is 30.6 Å². The summed E-state index contributed by atoms with van der Waals surface area (Å²) < 4.78 is 15.3. The molecule has 1 aliphatic carbocycles. The van der Waals surface area contributed by atoms with E-state index in [0.717, 1.165) is 30.5 Å². The van der Waals surface area contributed by atoms with Gasteiger partial charge >= 0.3 is 0 Å². The highest BCUT2D eigenvalue weighted by molar-refractivity contribution is 5.80. The summed E-state index contributed by atoms with van der Waals surface area (Å²) >= 11 is 0. The van der Waals surface area contributed by atoms with E-state index in [2.05, 4.69) is 5.10 Å². The Morgan fingerprint density at radius 1 is 1.15 bits per heavy atom. The van der Waals surface area contributed by atoms with E-state index in [-0.39, 0.29) is 17.3 Å². The maximum absolute atomic E-state index is 14.0. The molecular formula is C20H23FN4O2. The summed E-state index contributed by atoms with van der Waals surface area (Å²) in [5.41, 5.74) is 2.28. The van der Waals surface area contributed by atoms with Gasteiger partial charge in [-0.15, -0.1) is 0 Å². The lowest BCUT2D eigenvalue weighted by atomic mass is 10.2. The number of halogens is 1. The summed E-state index contributed by atoms with van der Waals surface area (Å²) in [5, 5.41) is 4.44. The molecule has 2 heterocycles. The van der Waals surface area contributed by atoms with Gasteiger partial charge in [0, 0.05) is 32.2 Å². The molecule has 0 radical (unpaired) electrons. The molecule has 0 saturated carbocycles. The average Bonchev–Trinajstić information content (AvgIpc) is 3.14. The molecule has 1 aromatic heterocycles. The van der Waals surface area contributed by atoms with Crippen LogP contribution in [0.2, 0.25) is 0 Å². The number of amides is 1. The summed E-state index contributed by atoms with van der Waals surface area (Å²) in [7, 11) is 0. The standard InChI is InChI=1S/C20H23FN4O2/c1-14(25-19(26)13-15-5-4-7-17(15)22-25)20(27)24-11-9-23(10-12-24)18-8-3-2-6-16(18)21/h2-3,6,8,13-14H,4-5,7,9-12H2,1H3/t14-/m1/s1. The summed E-state index contributed by atoms with van der Waals surface area (Å²) in [6.45, 7) is 3.84. The van der Waals surface area contributed by atoms with E-state index in [1.54, 1.807) is 30.0 Å². The molecule has 142 valence electrons. The lowest BCUT2D eigenvalue weighted by Crippen LogP contribution is -2.51. The number of fused-ring (bicyclic) bond motifs is 1. The molecule has 27 heavy (non-hydrogen) atoms. The van der Waals surface area contributed by atoms with E-state index in [1.807, 2.05) is 11.0 Å². The first-order valence-electron chi connectivity index (χ1n) is 9.44. The molecule has 6 nitrogen and oxygen atoms in total. The van der Waals surface area contributed by atoms with Gasteiger partial charge in [0.2, 0.25) is 5.91 Å². The third kappa shape index (κ3) is 3.34. The number of rotatable bonds is 3. The Bertz CT molecular complexity index is 918. The highest BCUT2D eigenvalue weighted by Gasteiger charge is 2.28. The molecule has 0 bridgehead atoms. The van der Waals surface area contributed by atoms with Gasteiger partial charge in [-0.1, -0.05) is 12.1 Å². The molecule has 7 heteroatoms. The third-order valence-electron chi connectivity index (χ3n) is 5.49. The van der Waals surface area contributed by atoms with Gasteiger partial charge in [-0.05, 0) is 43.9 Å². The SMILES string of the molecule is C[C@H](C(=O)N1CCN(c2ccccc2F)CC1)n1nc2c(cc1=O)CCC2. The smallest absolute Gasteiger partial charge is 0.267 e. The number of para-hydroxylation sites is 1. The van der Waals surface area contributed by atoms with Crippen LogP contribution >= 0.6 is 0 Å². The zero-order chi connectivity index (χ0) is 19.0. The first-order valence-corrected chi connectivity index (χ1v) is 9.44. The Labute approximate surface area is 157 Å². The van der Waals surface area contributed by atoms with Gasteiger partial charge in [0.25, 0.3) is 5.56 Å². The van der Waals surface area contributed by atoms with Crippen LogP contribution in [0, 0.1) is 5.82 Å². The zero-order valence-electron chi connectivity index (χ0n) is 15.4. The summed E-state index contributed by atoms with van der Waals surface area (Å²) in [4.78, 5) is 28.9. The number of nitrogens with zero attached hydrogens (tertiary/aromatic N) is 4. The molecule has 1 fully saturated rings. The van der Waals surface area contributed by atoms with E-state index in [4.69, 9.17) is 0 Å². The van der Waals surface area contributed by atoms with Crippen LogP contribution in [0.25, 0.3) is 0 Å². The predicted molar refractivity (Wildman–Crippen MR) is 100 cm³/mol. The van der Waals surface area contributed by atoms with Gasteiger partial charge in [0.15, 0.2) is 0 Å². The van der Waals surface area contributed by atoms with Crippen LogP contribution in [-0.2, 0) is 17.6 Å². The fourth-order valence-corrected chi connectivity index (χ4v) is 3.94. The van der Waals surface area contributed by atoms with Crippen molar-refractivity contribution < 1.29 is 9.18 Å². The lowest BCUT2D eigenvalue weighted by molar-refractivity contribution is -0.135. The third-order valence-corrected chi connectivity index (χ3v) is 5.49. The van der Waals surface area contributed by atoms with Crippen molar-refractivity contribution in [2.75, 3.05) is 31.1 Å². The number of piperazine rings is 1. The van der Waals surface area contributed by atoms with Crippen molar-refractivity contribution in [1.82, 2.24) is 14.7 Å². The van der Waals surface area contributed by atoms with E-state index in [0.29, 0.717) is 31.9 Å². The molecule has 1 atom stereocenters. The topological polar surface area (TPSA) is 58.4 Å². The summed E-state index contributed by atoms with van der Waals surface area (Å²) in [6.07, 6.45) is 2.75. The minimum atomic E-state index is -0.636. The van der Waals surface area contributed by atoms with Crippen molar-refractivity contribution in [3.05, 3.63) is 57.8 Å². The van der Waals surface area contributed by atoms with Gasteiger partial charge in [-0.25, -0.2) is 9.07 Å². The van der Waals surface area contributed by atoms with Gasteiger partial charge < -0.3 is 9.80 Å². The van der Waals surface area contributed by atoms with Crippen molar-refractivity contribution in [3.8, 4) is 0 Å². The predicted octanol–water partition coefficient (Wildman–Crippen LogP) is 1.78. The number of aryl methyl sites for hydroxylation is 2. The lowest BCUT2D eigenvalue weighted by Gasteiger charge is -2.37. The highest BCUT2D eigenvalue weighted by atomic mass is 19.1. The van der Waals surface area contributed by atoms with E-state index >= 15 is 0 Å². The summed E-state index contributed by atoms with van der Waals surface area (Å²) in [5.74, 6) is -0.365. The van der Waals surface area contributed by atoms with Crippen molar-refractivity contribution in [3.63, 3.8) is 0 Å². The fourth-order valence-electron chi connectivity index (χ4n) is 3.94. The summed E-state index contributed by atoms with van der Waals surface area (Å²) in [6, 6.07) is 7.66. The minimum Gasteiger partial charge on any atom is -0.366 e. The Morgan fingerprint density at radius 2 is 1.89 bits per heavy atom. The monoisotopic (exact) mass is 370 g/mol. The quantitative estimate of drug-likeness (QED) is 0.827. The number of hydrogen-bond acceptors (Lipinski definition) is 4. The molecule has 2 aliphatic rings. The average molecular weight is 370 g/mol. The first kappa shape index (κ1) is 17.7.